The molecule has 4 nitrogen and oxygen atoms in total. The van der Waals surface area contributed by atoms with Gasteiger partial charge < -0.3 is 9.88 Å². The largest absolute Gasteiger partial charge is 0.317 e. The quantitative estimate of drug-likeness (QED) is 0.866. The highest BCUT2D eigenvalue weighted by molar-refractivity contribution is 5.19. The zero-order valence-electron chi connectivity index (χ0n) is 11.9. The Morgan fingerprint density at radius 2 is 1.95 bits per heavy atom. The van der Waals surface area contributed by atoms with Gasteiger partial charge in [0.05, 0.1) is 6.54 Å². The zero-order valence-corrected chi connectivity index (χ0v) is 11.9. The van der Waals surface area contributed by atoms with Gasteiger partial charge in [-0.3, -0.25) is 0 Å². The second-order valence-electron chi connectivity index (χ2n) is 5.05. The van der Waals surface area contributed by atoms with Crippen molar-refractivity contribution < 1.29 is 0 Å². The van der Waals surface area contributed by atoms with Crippen molar-refractivity contribution in [1.82, 2.24) is 20.1 Å². The van der Waals surface area contributed by atoms with Crippen LogP contribution in [-0.2, 0) is 13.1 Å². The summed E-state index contributed by atoms with van der Waals surface area (Å²) < 4.78 is 2.06. The molecule has 0 aliphatic carbocycles. The first kappa shape index (κ1) is 13.7. The van der Waals surface area contributed by atoms with Crippen molar-refractivity contribution in [2.24, 2.45) is 5.92 Å². The van der Waals surface area contributed by atoms with Crippen molar-refractivity contribution in [3.63, 3.8) is 0 Å². The van der Waals surface area contributed by atoms with Gasteiger partial charge in [0.25, 0.3) is 0 Å². The minimum absolute atomic E-state index is 0.336. The van der Waals surface area contributed by atoms with Crippen LogP contribution in [0, 0.1) is 5.92 Å². The lowest BCUT2D eigenvalue weighted by atomic mass is 9.96. The monoisotopic (exact) mass is 258 g/mol. The van der Waals surface area contributed by atoms with Crippen molar-refractivity contribution in [1.29, 1.82) is 0 Å². The Kier molecular flexibility index (Phi) is 4.68. The minimum atomic E-state index is 0.336. The SMILES string of the molecule is CCn1cnnc1CNC(c1ccccc1)C(C)C. The molecule has 0 aliphatic heterocycles. The summed E-state index contributed by atoms with van der Waals surface area (Å²) >= 11 is 0. The first-order valence-corrected chi connectivity index (χ1v) is 6.87. The van der Waals surface area contributed by atoms with E-state index in [1.54, 1.807) is 6.33 Å². The predicted molar refractivity (Wildman–Crippen MR) is 76.6 cm³/mol. The van der Waals surface area contributed by atoms with Crippen LogP contribution in [0.3, 0.4) is 0 Å². The average molecular weight is 258 g/mol. The third-order valence-corrected chi connectivity index (χ3v) is 3.34. The van der Waals surface area contributed by atoms with Gasteiger partial charge in [-0.1, -0.05) is 44.2 Å². The van der Waals surface area contributed by atoms with Crippen molar-refractivity contribution in [3.05, 3.63) is 48.0 Å². The van der Waals surface area contributed by atoms with Gasteiger partial charge >= 0.3 is 0 Å². The average Bonchev–Trinajstić information content (AvgIpc) is 2.87. The molecule has 19 heavy (non-hydrogen) atoms. The summed E-state index contributed by atoms with van der Waals surface area (Å²) in [7, 11) is 0. The molecule has 1 N–H and O–H groups in total. The van der Waals surface area contributed by atoms with Crippen LogP contribution in [0.5, 0.6) is 0 Å². The topological polar surface area (TPSA) is 42.7 Å². The second kappa shape index (κ2) is 6.48. The van der Waals surface area contributed by atoms with E-state index < -0.39 is 0 Å². The number of nitrogens with zero attached hydrogens (tertiary/aromatic N) is 3. The van der Waals surface area contributed by atoms with E-state index in [0.29, 0.717) is 12.0 Å². The minimum Gasteiger partial charge on any atom is -0.317 e. The molecule has 1 aromatic heterocycles. The Bertz CT molecular complexity index is 490. The van der Waals surface area contributed by atoms with Gasteiger partial charge in [0.15, 0.2) is 0 Å². The fourth-order valence-corrected chi connectivity index (χ4v) is 2.28. The Labute approximate surface area is 114 Å². The number of hydrogen-bond acceptors (Lipinski definition) is 3. The van der Waals surface area contributed by atoms with Crippen LogP contribution in [0.2, 0.25) is 0 Å². The molecular weight excluding hydrogens is 236 g/mol. The van der Waals surface area contributed by atoms with Crippen molar-refractivity contribution >= 4 is 0 Å². The Hall–Kier alpha value is -1.68. The standard InChI is InChI=1S/C15H22N4/c1-4-19-11-17-18-14(19)10-16-15(12(2)3)13-8-6-5-7-9-13/h5-9,11-12,15-16H,4,10H2,1-3H3. The molecule has 2 aromatic rings. The maximum Gasteiger partial charge on any atom is 0.146 e. The molecule has 0 bridgehead atoms. The van der Waals surface area contributed by atoms with Gasteiger partial charge in [0, 0.05) is 12.6 Å². The van der Waals surface area contributed by atoms with Crippen molar-refractivity contribution in [3.8, 4) is 0 Å². The fraction of sp³-hybridized carbons (Fsp3) is 0.467. The lowest BCUT2D eigenvalue weighted by Gasteiger charge is -2.22. The zero-order chi connectivity index (χ0) is 13.7. The highest BCUT2D eigenvalue weighted by Gasteiger charge is 2.15. The highest BCUT2D eigenvalue weighted by atomic mass is 15.3. The van der Waals surface area contributed by atoms with Gasteiger partial charge in [0.1, 0.15) is 12.2 Å². The van der Waals surface area contributed by atoms with Gasteiger partial charge in [-0.2, -0.15) is 0 Å². The number of benzene rings is 1. The summed E-state index contributed by atoms with van der Waals surface area (Å²) in [6.45, 7) is 8.21. The number of nitrogens with one attached hydrogen (secondary N) is 1. The van der Waals surface area contributed by atoms with Crippen LogP contribution >= 0.6 is 0 Å². The summed E-state index contributed by atoms with van der Waals surface area (Å²) in [5, 5.41) is 11.7. The molecule has 2 rings (SSSR count). The third kappa shape index (κ3) is 3.41. The van der Waals surface area contributed by atoms with E-state index in [0.717, 1.165) is 18.9 Å². The van der Waals surface area contributed by atoms with E-state index >= 15 is 0 Å². The van der Waals surface area contributed by atoms with E-state index in [-0.39, 0.29) is 0 Å². The smallest absolute Gasteiger partial charge is 0.146 e. The molecule has 0 fully saturated rings. The second-order valence-corrected chi connectivity index (χ2v) is 5.05. The Morgan fingerprint density at radius 3 is 2.58 bits per heavy atom. The van der Waals surface area contributed by atoms with Crippen LogP contribution in [0.15, 0.2) is 36.7 Å². The molecule has 4 heteroatoms. The number of rotatable bonds is 6. The summed E-state index contributed by atoms with van der Waals surface area (Å²) in [5.41, 5.74) is 1.32. The summed E-state index contributed by atoms with van der Waals surface area (Å²) in [4.78, 5) is 0. The lowest BCUT2D eigenvalue weighted by Crippen LogP contribution is -2.26. The lowest BCUT2D eigenvalue weighted by molar-refractivity contribution is 0.402. The summed E-state index contributed by atoms with van der Waals surface area (Å²) in [5.74, 6) is 1.52. The van der Waals surface area contributed by atoms with Crippen LogP contribution in [0.25, 0.3) is 0 Å². The van der Waals surface area contributed by atoms with E-state index in [2.05, 4.69) is 71.2 Å². The molecule has 0 spiro atoms. The molecule has 0 aliphatic rings. The van der Waals surface area contributed by atoms with Crippen molar-refractivity contribution in [2.75, 3.05) is 0 Å². The van der Waals surface area contributed by atoms with Crippen LogP contribution in [-0.4, -0.2) is 14.8 Å². The molecule has 0 saturated carbocycles. The highest BCUT2D eigenvalue weighted by Crippen LogP contribution is 2.21. The molecule has 0 saturated heterocycles. The van der Waals surface area contributed by atoms with E-state index in [1.165, 1.54) is 5.56 Å². The molecule has 1 atom stereocenters. The molecular formula is C15H22N4. The van der Waals surface area contributed by atoms with Gasteiger partial charge in [-0.25, -0.2) is 0 Å². The maximum absolute atomic E-state index is 4.16. The maximum atomic E-state index is 4.16. The van der Waals surface area contributed by atoms with Gasteiger partial charge in [-0.15, -0.1) is 10.2 Å². The van der Waals surface area contributed by atoms with Crippen LogP contribution < -0.4 is 5.32 Å². The van der Waals surface area contributed by atoms with Gasteiger partial charge in [0.2, 0.25) is 0 Å². The summed E-state index contributed by atoms with van der Waals surface area (Å²) in [6, 6.07) is 10.9. The Morgan fingerprint density at radius 1 is 1.21 bits per heavy atom. The molecule has 0 amide bonds. The van der Waals surface area contributed by atoms with Gasteiger partial charge in [-0.05, 0) is 18.4 Å². The van der Waals surface area contributed by atoms with E-state index in [1.807, 2.05) is 0 Å². The first-order chi connectivity index (χ1) is 9.22. The van der Waals surface area contributed by atoms with Crippen molar-refractivity contribution in [2.45, 2.75) is 39.9 Å². The number of aryl methyl sites for hydroxylation is 1. The number of hydrogen-bond donors (Lipinski definition) is 1. The first-order valence-electron chi connectivity index (χ1n) is 6.87. The number of aromatic nitrogens is 3. The molecule has 0 radical (unpaired) electrons. The molecule has 1 heterocycles. The molecule has 102 valence electrons. The molecule has 1 unspecified atom stereocenters. The van der Waals surface area contributed by atoms with Crippen LogP contribution in [0.1, 0.15) is 38.2 Å². The molecule has 1 aromatic carbocycles. The predicted octanol–water partition coefficient (Wildman–Crippen LogP) is 2.78. The summed E-state index contributed by atoms with van der Waals surface area (Å²) in [6.07, 6.45) is 1.78. The third-order valence-electron chi connectivity index (χ3n) is 3.34. The normalized spacial score (nSPS) is 12.8. The van der Waals surface area contributed by atoms with E-state index in [9.17, 15) is 0 Å². The van der Waals surface area contributed by atoms with E-state index in [4.69, 9.17) is 0 Å². The Balaban J connectivity index is 2.06. The van der Waals surface area contributed by atoms with Crippen LogP contribution in [0.4, 0.5) is 0 Å². The fourth-order valence-electron chi connectivity index (χ4n) is 2.28.